The second-order valence-corrected chi connectivity index (χ2v) is 8.17. The summed E-state index contributed by atoms with van der Waals surface area (Å²) >= 11 is 0. The first-order valence-corrected chi connectivity index (χ1v) is 11.0. The summed E-state index contributed by atoms with van der Waals surface area (Å²) in [4.78, 5) is 15.6. The van der Waals surface area contributed by atoms with E-state index in [1.807, 2.05) is 59.1 Å². The Morgan fingerprint density at radius 1 is 1.06 bits per heavy atom. The molecule has 0 aliphatic heterocycles. The predicted molar refractivity (Wildman–Crippen MR) is 127 cm³/mol. The van der Waals surface area contributed by atoms with E-state index in [2.05, 4.69) is 10.1 Å². The third-order valence-electron chi connectivity index (χ3n) is 6.08. The summed E-state index contributed by atoms with van der Waals surface area (Å²) in [5, 5.41) is 13.8. The van der Waals surface area contributed by atoms with Crippen LogP contribution in [-0.2, 0) is 4.79 Å². The lowest BCUT2D eigenvalue weighted by molar-refractivity contribution is -0.131. The van der Waals surface area contributed by atoms with Crippen molar-refractivity contribution in [2.24, 2.45) is 0 Å². The second kappa shape index (κ2) is 8.78. The molecule has 2 aromatic carbocycles. The first kappa shape index (κ1) is 20.8. The Labute approximate surface area is 191 Å². The van der Waals surface area contributed by atoms with E-state index in [1.54, 1.807) is 6.08 Å². The lowest BCUT2D eigenvalue weighted by Gasteiger charge is -2.11. The van der Waals surface area contributed by atoms with Crippen molar-refractivity contribution in [3.63, 3.8) is 0 Å². The number of nitrogens with two attached hydrogens (primary N) is 1. The normalized spacial score (nSPS) is 14.3. The number of rotatable bonds is 6. The van der Waals surface area contributed by atoms with Crippen LogP contribution in [-0.4, -0.2) is 25.7 Å². The van der Waals surface area contributed by atoms with Gasteiger partial charge in [-0.3, -0.25) is 0 Å². The quantitative estimate of drug-likeness (QED) is 0.382. The van der Waals surface area contributed by atoms with Crippen molar-refractivity contribution < 1.29 is 14.6 Å². The van der Waals surface area contributed by atoms with Gasteiger partial charge in [0.05, 0.1) is 5.69 Å². The van der Waals surface area contributed by atoms with Crippen LogP contribution < -0.4 is 10.5 Å². The van der Waals surface area contributed by atoms with Gasteiger partial charge in [0.15, 0.2) is 5.82 Å². The lowest BCUT2D eigenvalue weighted by Crippen LogP contribution is -2.05. The highest BCUT2D eigenvalue weighted by atomic mass is 16.5. The first-order chi connectivity index (χ1) is 16.1. The third-order valence-corrected chi connectivity index (χ3v) is 6.08. The Morgan fingerprint density at radius 3 is 2.45 bits per heavy atom. The van der Waals surface area contributed by atoms with Gasteiger partial charge < -0.3 is 15.6 Å². The molecule has 2 heterocycles. The molecule has 33 heavy (non-hydrogen) atoms. The van der Waals surface area contributed by atoms with Crippen molar-refractivity contribution in [3.05, 3.63) is 78.3 Å². The molecular weight excluding hydrogens is 416 g/mol. The van der Waals surface area contributed by atoms with Crippen molar-refractivity contribution in [2.75, 3.05) is 5.73 Å². The molecule has 1 aliphatic carbocycles. The smallest absolute Gasteiger partial charge is 0.328 e. The number of aromatic nitrogens is 3. The maximum Gasteiger partial charge on any atom is 0.328 e. The number of ether oxygens (including phenoxy) is 1. The summed E-state index contributed by atoms with van der Waals surface area (Å²) in [6.07, 6.45) is 8.64. The number of hydrogen-bond donors (Lipinski definition) is 2. The van der Waals surface area contributed by atoms with Crippen LogP contribution in [0.3, 0.4) is 0 Å². The minimum absolute atomic E-state index is 0.287. The van der Waals surface area contributed by atoms with Crippen LogP contribution in [0.25, 0.3) is 22.7 Å². The van der Waals surface area contributed by atoms with E-state index in [4.69, 9.17) is 10.5 Å². The maximum absolute atomic E-state index is 11.4. The largest absolute Gasteiger partial charge is 0.478 e. The van der Waals surface area contributed by atoms with E-state index in [0.29, 0.717) is 17.1 Å². The van der Waals surface area contributed by atoms with Crippen molar-refractivity contribution in [2.45, 2.75) is 31.6 Å². The van der Waals surface area contributed by atoms with Crippen LogP contribution in [0.5, 0.6) is 11.5 Å². The SMILES string of the molecule is Nc1ncnn2c(C3CCCC3)c(C=CC(=O)O)c(-c3ccc(Oc4ccccc4)cc3)c12. The monoisotopic (exact) mass is 440 g/mol. The van der Waals surface area contributed by atoms with E-state index in [9.17, 15) is 9.90 Å². The van der Waals surface area contributed by atoms with Gasteiger partial charge in [-0.25, -0.2) is 14.3 Å². The zero-order valence-electron chi connectivity index (χ0n) is 18.0. The van der Waals surface area contributed by atoms with E-state index < -0.39 is 5.97 Å². The topological polar surface area (TPSA) is 103 Å². The predicted octanol–water partition coefficient (Wildman–Crippen LogP) is 5.53. The van der Waals surface area contributed by atoms with Crippen molar-refractivity contribution in [1.29, 1.82) is 0 Å². The Balaban J connectivity index is 1.66. The Kier molecular flexibility index (Phi) is 5.52. The van der Waals surface area contributed by atoms with Crippen LogP contribution >= 0.6 is 0 Å². The maximum atomic E-state index is 11.4. The summed E-state index contributed by atoms with van der Waals surface area (Å²) in [6.45, 7) is 0. The number of para-hydroxylation sites is 1. The van der Waals surface area contributed by atoms with Gasteiger partial charge in [-0.1, -0.05) is 43.2 Å². The Morgan fingerprint density at radius 2 is 1.76 bits per heavy atom. The standard InChI is InChI=1S/C26H24N4O3/c27-26-25-23(17-10-12-20(13-11-17)33-19-8-2-1-3-9-19)21(14-15-22(31)32)24(18-6-4-5-7-18)30(25)29-16-28-26/h1-3,8-16,18H,4-7H2,(H,31,32)(H2,27,28,29). The summed E-state index contributed by atoms with van der Waals surface area (Å²) in [7, 11) is 0. The second-order valence-electron chi connectivity index (χ2n) is 8.17. The zero-order chi connectivity index (χ0) is 22.8. The third kappa shape index (κ3) is 4.05. The number of nitrogens with zero attached hydrogens (tertiary/aromatic N) is 3. The molecule has 0 bridgehead atoms. The van der Waals surface area contributed by atoms with Crippen molar-refractivity contribution in [3.8, 4) is 22.6 Å². The summed E-state index contributed by atoms with van der Waals surface area (Å²) < 4.78 is 7.78. The molecule has 2 aromatic heterocycles. The molecule has 5 rings (SSSR count). The van der Waals surface area contributed by atoms with Crippen LogP contribution in [0.2, 0.25) is 0 Å². The fourth-order valence-corrected chi connectivity index (χ4v) is 4.68. The summed E-state index contributed by atoms with van der Waals surface area (Å²) in [5.41, 5.74) is 10.6. The number of carbonyl (C=O) groups is 1. The molecule has 0 spiro atoms. The molecule has 0 atom stereocenters. The molecule has 166 valence electrons. The molecule has 4 aromatic rings. The molecule has 0 saturated heterocycles. The van der Waals surface area contributed by atoms with Gasteiger partial charge in [0.2, 0.25) is 0 Å². The highest BCUT2D eigenvalue weighted by Crippen LogP contribution is 2.44. The molecule has 1 saturated carbocycles. The first-order valence-electron chi connectivity index (χ1n) is 11.0. The summed E-state index contributed by atoms with van der Waals surface area (Å²) in [5.74, 6) is 1.11. The number of hydrogen-bond acceptors (Lipinski definition) is 5. The van der Waals surface area contributed by atoms with Crippen LogP contribution in [0, 0.1) is 0 Å². The molecule has 7 nitrogen and oxygen atoms in total. The molecule has 0 unspecified atom stereocenters. The molecule has 0 radical (unpaired) electrons. The van der Waals surface area contributed by atoms with Gasteiger partial charge in [0.25, 0.3) is 0 Å². The number of benzene rings is 2. The van der Waals surface area contributed by atoms with Gasteiger partial charge in [-0.05, 0) is 48.7 Å². The fraction of sp³-hybridized carbons (Fsp3) is 0.192. The zero-order valence-corrected chi connectivity index (χ0v) is 18.0. The van der Waals surface area contributed by atoms with Crippen LogP contribution in [0.4, 0.5) is 5.82 Å². The number of carboxylic acid groups (broad SMARTS) is 1. The number of aliphatic carboxylic acids is 1. The van der Waals surface area contributed by atoms with Gasteiger partial charge in [0, 0.05) is 23.1 Å². The van der Waals surface area contributed by atoms with E-state index >= 15 is 0 Å². The van der Waals surface area contributed by atoms with E-state index in [1.165, 1.54) is 12.4 Å². The Bertz CT molecular complexity index is 1320. The Hall–Kier alpha value is -4.13. The van der Waals surface area contributed by atoms with Crippen molar-refractivity contribution >= 4 is 23.4 Å². The minimum atomic E-state index is -1.00. The summed E-state index contributed by atoms with van der Waals surface area (Å²) in [6, 6.07) is 17.3. The highest BCUT2D eigenvalue weighted by Gasteiger charge is 2.28. The van der Waals surface area contributed by atoms with E-state index in [-0.39, 0.29) is 5.92 Å². The number of anilines is 1. The van der Waals surface area contributed by atoms with Gasteiger partial charge in [0.1, 0.15) is 23.3 Å². The van der Waals surface area contributed by atoms with Crippen molar-refractivity contribution in [1.82, 2.24) is 14.6 Å². The van der Waals surface area contributed by atoms with Gasteiger partial charge >= 0.3 is 5.97 Å². The highest BCUT2D eigenvalue weighted by molar-refractivity contribution is 5.97. The lowest BCUT2D eigenvalue weighted by atomic mass is 9.94. The van der Waals surface area contributed by atoms with Gasteiger partial charge in [-0.2, -0.15) is 5.10 Å². The molecule has 7 heteroatoms. The average molecular weight is 441 g/mol. The molecular formula is C26H24N4O3. The molecule has 1 fully saturated rings. The number of fused-ring (bicyclic) bond motifs is 1. The van der Waals surface area contributed by atoms with Gasteiger partial charge in [-0.15, -0.1) is 0 Å². The fourth-order valence-electron chi connectivity index (χ4n) is 4.68. The number of carboxylic acids is 1. The molecule has 3 N–H and O–H groups in total. The van der Waals surface area contributed by atoms with Crippen LogP contribution in [0.1, 0.15) is 42.9 Å². The number of nitrogen functional groups attached to an aromatic ring is 1. The molecule has 1 aliphatic rings. The van der Waals surface area contributed by atoms with Crippen LogP contribution in [0.15, 0.2) is 67.0 Å². The van der Waals surface area contributed by atoms with E-state index in [0.717, 1.165) is 53.8 Å². The average Bonchev–Trinajstić information content (AvgIpc) is 3.45. The minimum Gasteiger partial charge on any atom is -0.478 e. The molecule has 0 amide bonds.